The lowest BCUT2D eigenvalue weighted by atomic mass is 10.0. The number of benzene rings is 1. The van der Waals surface area contributed by atoms with E-state index in [9.17, 15) is 10.4 Å². The lowest BCUT2D eigenvalue weighted by Crippen LogP contribution is -3.24. The first-order valence-corrected chi connectivity index (χ1v) is 7.41. The van der Waals surface area contributed by atoms with Gasteiger partial charge in [0, 0.05) is 18.2 Å². The number of aryl methyl sites for hydroxylation is 1. The van der Waals surface area contributed by atoms with Crippen molar-refractivity contribution in [2.45, 2.75) is 12.8 Å². The first kappa shape index (κ1) is 15.2. The highest BCUT2D eigenvalue weighted by atomic mass is 16.6. The van der Waals surface area contributed by atoms with Crippen molar-refractivity contribution in [3.8, 4) is 5.75 Å². The smallest absolute Gasteiger partial charge is 0.347 e. The Balaban J connectivity index is 1.89. The third kappa shape index (κ3) is 2.92. The van der Waals surface area contributed by atoms with E-state index in [2.05, 4.69) is 10.4 Å². The van der Waals surface area contributed by atoms with Crippen LogP contribution in [-0.4, -0.2) is 44.7 Å². The molecule has 0 aromatic heterocycles. The fourth-order valence-electron chi connectivity index (χ4n) is 2.61. The highest BCUT2D eigenvalue weighted by molar-refractivity contribution is 5.77. The van der Waals surface area contributed by atoms with Crippen LogP contribution >= 0.6 is 0 Å². The van der Waals surface area contributed by atoms with Gasteiger partial charge in [-0.25, -0.2) is 10.2 Å². The number of rotatable bonds is 3. The van der Waals surface area contributed by atoms with Gasteiger partial charge in [0.25, 0.3) is 0 Å². The molecule has 120 valence electrons. The molecule has 0 aliphatic carbocycles. The van der Waals surface area contributed by atoms with Crippen molar-refractivity contribution in [2.75, 3.05) is 33.8 Å². The Bertz CT molecular complexity index is 590. The van der Waals surface area contributed by atoms with Crippen LogP contribution in [-0.2, 0) is 6.42 Å². The number of nitrogens with zero attached hydrogens (tertiary/aromatic N) is 2. The monoisotopic (exact) mass is 307 g/mol. The Morgan fingerprint density at radius 2 is 2.14 bits per heavy atom. The number of hydroxylamine groups is 1. The Kier molecular flexibility index (Phi) is 4.27. The van der Waals surface area contributed by atoms with Gasteiger partial charge in [0.05, 0.1) is 19.2 Å². The zero-order valence-corrected chi connectivity index (χ0v) is 12.8. The Morgan fingerprint density at radius 3 is 2.91 bits per heavy atom. The molecule has 1 aromatic rings. The van der Waals surface area contributed by atoms with Crippen LogP contribution in [0.2, 0.25) is 0 Å². The zero-order valence-electron chi connectivity index (χ0n) is 12.8. The van der Waals surface area contributed by atoms with Crippen molar-refractivity contribution < 1.29 is 15.0 Å². The lowest BCUT2D eigenvalue weighted by Gasteiger charge is -2.35. The van der Waals surface area contributed by atoms with Gasteiger partial charge >= 0.3 is 5.96 Å². The quantitative estimate of drug-likeness (QED) is 0.590. The number of nitrogens with one attached hydrogen (secondary N) is 3. The van der Waals surface area contributed by atoms with E-state index in [0.29, 0.717) is 30.3 Å². The predicted molar refractivity (Wildman–Crippen MR) is 82.2 cm³/mol. The van der Waals surface area contributed by atoms with Crippen molar-refractivity contribution in [3.05, 3.63) is 28.1 Å². The zero-order chi connectivity index (χ0) is 15.7. The predicted octanol–water partition coefficient (Wildman–Crippen LogP) is -1.52. The summed E-state index contributed by atoms with van der Waals surface area (Å²) in [5, 5.41) is 24.2. The third-order valence-electron chi connectivity index (χ3n) is 3.80. The van der Waals surface area contributed by atoms with Crippen LogP contribution in [0.1, 0.15) is 12.0 Å². The van der Waals surface area contributed by atoms with E-state index in [1.54, 1.807) is 12.1 Å². The van der Waals surface area contributed by atoms with E-state index in [0.717, 1.165) is 24.9 Å². The summed E-state index contributed by atoms with van der Waals surface area (Å²) >= 11 is 0. The fourth-order valence-corrected chi connectivity index (χ4v) is 2.61. The molecule has 0 fully saturated rings. The Morgan fingerprint density at radius 1 is 1.32 bits per heavy atom. The van der Waals surface area contributed by atoms with Crippen molar-refractivity contribution in [1.82, 2.24) is 10.3 Å². The highest BCUT2D eigenvalue weighted by Crippen LogP contribution is 2.31. The summed E-state index contributed by atoms with van der Waals surface area (Å²) < 4.78 is 5.56. The number of hydrogen-bond donors (Lipinski definition) is 3. The van der Waals surface area contributed by atoms with Crippen LogP contribution in [0.25, 0.3) is 0 Å². The molecule has 2 aliphatic rings. The molecule has 2 atom stereocenters. The molecule has 22 heavy (non-hydrogen) atoms. The van der Waals surface area contributed by atoms with E-state index < -0.39 is 0 Å². The Hall–Kier alpha value is -1.71. The SMILES string of the molecule is CN(C)CCN=C1N[NH+]([O-])c2cc3c(cc2[NH+]1[O-])CCCO3. The molecule has 0 bridgehead atoms. The lowest BCUT2D eigenvalue weighted by molar-refractivity contribution is -0.851. The first-order valence-electron chi connectivity index (χ1n) is 7.41. The topological polar surface area (TPSA) is 91.9 Å². The normalized spacial score (nSPS) is 25.4. The van der Waals surface area contributed by atoms with Crippen molar-refractivity contribution in [1.29, 1.82) is 0 Å². The largest absolute Gasteiger partial charge is 0.621 e. The minimum absolute atomic E-state index is 0.135. The van der Waals surface area contributed by atoms with Crippen LogP contribution in [0.3, 0.4) is 0 Å². The highest BCUT2D eigenvalue weighted by Gasteiger charge is 2.31. The number of hydrogen-bond acceptors (Lipinski definition) is 5. The van der Waals surface area contributed by atoms with Crippen molar-refractivity contribution >= 4 is 17.3 Å². The number of fused-ring (bicyclic) bond motifs is 2. The minimum atomic E-state index is -0.296. The van der Waals surface area contributed by atoms with Crippen molar-refractivity contribution in [3.63, 3.8) is 0 Å². The molecule has 3 rings (SSSR count). The van der Waals surface area contributed by atoms with E-state index in [-0.39, 0.29) is 16.2 Å². The average molecular weight is 307 g/mol. The van der Waals surface area contributed by atoms with Gasteiger partial charge < -0.3 is 20.1 Å². The molecule has 0 radical (unpaired) electrons. The van der Waals surface area contributed by atoms with E-state index in [4.69, 9.17) is 4.74 Å². The molecule has 8 heteroatoms. The van der Waals surface area contributed by atoms with Crippen LogP contribution in [0.4, 0.5) is 11.4 Å². The molecule has 2 aliphatic heterocycles. The summed E-state index contributed by atoms with van der Waals surface area (Å²) in [6.07, 6.45) is 1.79. The number of quaternary nitrogens is 2. The standard InChI is InChI=1S/C14H21N5O3/c1-17(2)6-5-15-14-16-19(21)12-9-13-10(4-3-7-22-13)8-11(12)18(14)20/h8-9,18-19H,3-7H2,1-2H3,(H,15,16). The van der Waals surface area contributed by atoms with Crippen LogP contribution in [0, 0.1) is 10.4 Å². The summed E-state index contributed by atoms with van der Waals surface area (Å²) in [7, 11) is 3.87. The number of ether oxygens (including phenoxy) is 1. The molecule has 8 nitrogen and oxygen atoms in total. The maximum atomic E-state index is 12.5. The summed E-state index contributed by atoms with van der Waals surface area (Å²) in [4.78, 5) is 6.20. The molecule has 0 spiro atoms. The second-order valence-corrected chi connectivity index (χ2v) is 5.77. The van der Waals surface area contributed by atoms with Gasteiger partial charge in [0.1, 0.15) is 5.75 Å². The molecule has 0 amide bonds. The van der Waals surface area contributed by atoms with Gasteiger partial charge in [-0.15, -0.1) is 0 Å². The summed E-state index contributed by atoms with van der Waals surface area (Å²) in [5.41, 5.74) is 4.38. The second-order valence-electron chi connectivity index (χ2n) is 5.77. The molecular formula is C14H21N5O3. The summed E-state index contributed by atoms with van der Waals surface area (Å²) in [5.74, 6) is 0.844. The molecule has 2 heterocycles. The molecule has 3 N–H and O–H groups in total. The molecule has 0 saturated carbocycles. The average Bonchev–Trinajstić information content (AvgIpc) is 2.50. The molecule has 1 aromatic carbocycles. The Labute approximate surface area is 129 Å². The number of likely N-dealkylation sites (N-methyl/N-ethyl adjacent to an activating group) is 1. The van der Waals surface area contributed by atoms with Crippen LogP contribution < -0.4 is 20.4 Å². The maximum Gasteiger partial charge on any atom is 0.347 e. The minimum Gasteiger partial charge on any atom is -0.621 e. The summed E-state index contributed by atoms with van der Waals surface area (Å²) in [6.45, 7) is 1.84. The van der Waals surface area contributed by atoms with Gasteiger partial charge in [-0.3, -0.25) is 5.06 Å². The van der Waals surface area contributed by atoms with Crippen molar-refractivity contribution in [2.24, 2.45) is 4.99 Å². The van der Waals surface area contributed by atoms with E-state index in [1.807, 2.05) is 19.0 Å². The molecular weight excluding hydrogens is 286 g/mol. The van der Waals surface area contributed by atoms with Gasteiger partial charge in [-0.1, -0.05) is 0 Å². The van der Waals surface area contributed by atoms with E-state index >= 15 is 0 Å². The molecule has 0 saturated heterocycles. The third-order valence-corrected chi connectivity index (χ3v) is 3.80. The maximum absolute atomic E-state index is 12.5. The second kappa shape index (κ2) is 6.19. The van der Waals surface area contributed by atoms with Crippen LogP contribution in [0.5, 0.6) is 5.75 Å². The first-order chi connectivity index (χ1) is 10.6. The van der Waals surface area contributed by atoms with Gasteiger partial charge in [-0.05, 0) is 26.9 Å². The van der Waals surface area contributed by atoms with Gasteiger partial charge in [-0.2, -0.15) is 5.43 Å². The van der Waals surface area contributed by atoms with Crippen LogP contribution in [0.15, 0.2) is 17.1 Å². The molecule has 2 unspecified atom stereocenters. The fraction of sp³-hybridized carbons (Fsp3) is 0.500. The number of guanidine groups is 1. The summed E-state index contributed by atoms with van der Waals surface area (Å²) in [6, 6.07) is 3.46. The number of aliphatic imine (C=N–C) groups is 1. The van der Waals surface area contributed by atoms with Gasteiger partial charge in [0.2, 0.25) is 11.4 Å². The van der Waals surface area contributed by atoms with Gasteiger partial charge in [0.15, 0.2) is 0 Å². The van der Waals surface area contributed by atoms with E-state index in [1.165, 1.54) is 0 Å².